The van der Waals surface area contributed by atoms with Crippen LogP contribution in [0.2, 0.25) is 0 Å². The monoisotopic (exact) mass is 404 g/mol. The van der Waals surface area contributed by atoms with Gasteiger partial charge in [-0.25, -0.2) is 4.79 Å². The van der Waals surface area contributed by atoms with Gasteiger partial charge in [-0.1, -0.05) is 36.4 Å². The fourth-order valence-electron chi connectivity index (χ4n) is 4.07. The summed E-state index contributed by atoms with van der Waals surface area (Å²) in [6.45, 7) is 1.79. The summed E-state index contributed by atoms with van der Waals surface area (Å²) in [5, 5.41) is 7.22. The van der Waals surface area contributed by atoms with Crippen LogP contribution in [0.5, 0.6) is 0 Å². The van der Waals surface area contributed by atoms with E-state index < -0.39 is 0 Å². The molecule has 2 aromatic carbocycles. The van der Waals surface area contributed by atoms with Crippen molar-refractivity contribution in [3.8, 4) is 0 Å². The fraction of sp³-hybridized carbons (Fsp3) is 0.333. The Balaban J connectivity index is 1.22. The number of aromatic amines is 1. The van der Waals surface area contributed by atoms with Crippen LogP contribution in [0.4, 0.5) is 10.5 Å². The van der Waals surface area contributed by atoms with Gasteiger partial charge in [0.1, 0.15) is 0 Å². The quantitative estimate of drug-likeness (QED) is 0.540. The van der Waals surface area contributed by atoms with Crippen molar-refractivity contribution in [2.45, 2.75) is 25.7 Å². The molecule has 3 N–H and O–H groups in total. The molecule has 1 aliphatic rings. The van der Waals surface area contributed by atoms with Crippen LogP contribution >= 0.6 is 0 Å². The number of para-hydroxylation sites is 2. The Hall–Kier alpha value is -3.28. The van der Waals surface area contributed by atoms with Crippen molar-refractivity contribution >= 4 is 28.5 Å². The predicted octanol–water partition coefficient (Wildman–Crippen LogP) is 4.16. The smallest absolute Gasteiger partial charge is 0.321 e. The number of nitrogens with one attached hydrogen (secondary N) is 3. The minimum absolute atomic E-state index is 0.0473. The van der Waals surface area contributed by atoms with Gasteiger partial charge in [0.15, 0.2) is 0 Å². The summed E-state index contributed by atoms with van der Waals surface area (Å²) < 4.78 is 0. The molecule has 4 rings (SSSR count). The molecule has 30 heavy (non-hydrogen) atoms. The van der Waals surface area contributed by atoms with Crippen LogP contribution in [0.3, 0.4) is 0 Å². The summed E-state index contributed by atoms with van der Waals surface area (Å²) in [6.07, 6.45) is 5.52. The zero-order valence-corrected chi connectivity index (χ0v) is 17.1. The molecule has 0 saturated carbocycles. The van der Waals surface area contributed by atoms with Crippen LogP contribution < -0.4 is 10.6 Å². The number of aromatic nitrogens is 1. The number of anilines is 1. The molecule has 0 aliphatic carbocycles. The lowest BCUT2D eigenvalue weighted by Gasteiger charge is -2.32. The molecule has 1 aromatic heterocycles. The predicted molar refractivity (Wildman–Crippen MR) is 119 cm³/mol. The van der Waals surface area contributed by atoms with E-state index >= 15 is 0 Å². The summed E-state index contributed by atoms with van der Waals surface area (Å²) in [6, 6.07) is 17.5. The van der Waals surface area contributed by atoms with Crippen molar-refractivity contribution in [1.82, 2.24) is 15.2 Å². The van der Waals surface area contributed by atoms with Crippen LogP contribution in [-0.2, 0) is 11.2 Å². The highest BCUT2D eigenvalue weighted by Gasteiger charge is 2.28. The Labute approximate surface area is 176 Å². The summed E-state index contributed by atoms with van der Waals surface area (Å²) in [4.78, 5) is 30.2. The van der Waals surface area contributed by atoms with E-state index in [1.807, 2.05) is 42.5 Å². The lowest BCUT2D eigenvalue weighted by molar-refractivity contribution is -0.126. The first kappa shape index (κ1) is 20.0. The number of amides is 3. The van der Waals surface area contributed by atoms with Crippen molar-refractivity contribution in [2.75, 3.05) is 25.0 Å². The van der Waals surface area contributed by atoms with E-state index in [0.717, 1.165) is 36.9 Å². The molecule has 2 heterocycles. The number of fused-ring (bicyclic) bond motifs is 1. The van der Waals surface area contributed by atoms with Gasteiger partial charge in [0.05, 0.1) is 5.92 Å². The van der Waals surface area contributed by atoms with E-state index in [9.17, 15) is 9.59 Å². The number of piperidine rings is 1. The molecule has 1 fully saturated rings. The van der Waals surface area contributed by atoms with E-state index in [0.29, 0.717) is 19.6 Å². The average Bonchev–Trinajstić information content (AvgIpc) is 3.20. The van der Waals surface area contributed by atoms with E-state index in [-0.39, 0.29) is 17.9 Å². The zero-order valence-electron chi connectivity index (χ0n) is 17.1. The highest BCUT2D eigenvalue weighted by atomic mass is 16.2. The Morgan fingerprint density at radius 1 is 1.07 bits per heavy atom. The SMILES string of the molecule is O=C(NCCCc1c[nH]c2ccccc12)C1CCCN(C(=O)Nc2ccccc2)C1. The number of hydrogen-bond acceptors (Lipinski definition) is 2. The second-order valence-electron chi connectivity index (χ2n) is 7.84. The first-order valence-electron chi connectivity index (χ1n) is 10.6. The van der Waals surface area contributed by atoms with E-state index in [2.05, 4.69) is 33.9 Å². The number of carbonyl (C=O) groups is 2. The van der Waals surface area contributed by atoms with Gasteiger partial charge < -0.3 is 20.5 Å². The number of hydrogen-bond donors (Lipinski definition) is 3. The third kappa shape index (κ3) is 4.82. The lowest BCUT2D eigenvalue weighted by atomic mass is 9.97. The minimum Gasteiger partial charge on any atom is -0.361 e. The number of H-pyrrole nitrogens is 1. The maximum absolute atomic E-state index is 12.6. The molecule has 0 radical (unpaired) electrons. The van der Waals surface area contributed by atoms with Gasteiger partial charge >= 0.3 is 6.03 Å². The van der Waals surface area contributed by atoms with Crippen LogP contribution in [-0.4, -0.2) is 41.5 Å². The van der Waals surface area contributed by atoms with Gasteiger partial charge in [0, 0.05) is 42.4 Å². The number of carbonyl (C=O) groups excluding carboxylic acids is 2. The van der Waals surface area contributed by atoms with Crippen molar-refractivity contribution < 1.29 is 9.59 Å². The van der Waals surface area contributed by atoms with Crippen molar-refractivity contribution in [3.05, 3.63) is 66.4 Å². The first-order valence-corrected chi connectivity index (χ1v) is 10.6. The number of likely N-dealkylation sites (tertiary alicyclic amines) is 1. The summed E-state index contributed by atoms with van der Waals surface area (Å²) in [5.41, 5.74) is 3.19. The van der Waals surface area contributed by atoms with Crippen LogP contribution in [0, 0.1) is 5.92 Å². The number of aryl methyl sites for hydroxylation is 1. The number of urea groups is 1. The zero-order chi connectivity index (χ0) is 20.8. The highest BCUT2D eigenvalue weighted by molar-refractivity contribution is 5.90. The Kier molecular flexibility index (Phi) is 6.32. The van der Waals surface area contributed by atoms with E-state index in [4.69, 9.17) is 0 Å². The molecule has 0 bridgehead atoms. The molecule has 1 aliphatic heterocycles. The number of benzene rings is 2. The van der Waals surface area contributed by atoms with E-state index in [1.54, 1.807) is 4.90 Å². The van der Waals surface area contributed by atoms with Gasteiger partial charge in [0.25, 0.3) is 0 Å². The highest BCUT2D eigenvalue weighted by Crippen LogP contribution is 2.20. The second-order valence-corrected chi connectivity index (χ2v) is 7.84. The maximum Gasteiger partial charge on any atom is 0.321 e. The second kappa shape index (κ2) is 9.48. The number of rotatable bonds is 6. The van der Waals surface area contributed by atoms with Gasteiger partial charge in [0.2, 0.25) is 5.91 Å². The molecule has 1 saturated heterocycles. The van der Waals surface area contributed by atoms with E-state index in [1.165, 1.54) is 10.9 Å². The normalized spacial score (nSPS) is 16.4. The molecule has 156 valence electrons. The Bertz CT molecular complexity index is 999. The summed E-state index contributed by atoms with van der Waals surface area (Å²) in [7, 11) is 0. The number of nitrogens with zero attached hydrogens (tertiary/aromatic N) is 1. The average molecular weight is 405 g/mol. The molecule has 6 nitrogen and oxygen atoms in total. The standard InChI is InChI=1S/C24H28N4O2/c29-23(25-14-6-8-18-16-26-22-13-5-4-12-21(18)22)19-9-7-15-28(17-19)24(30)27-20-10-2-1-3-11-20/h1-5,10-13,16,19,26H,6-9,14-15,17H2,(H,25,29)(H,27,30). The Morgan fingerprint density at radius 2 is 1.87 bits per heavy atom. The van der Waals surface area contributed by atoms with Crippen molar-refractivity contribution in [1.29, 1.82) is 0 Å². The fourth-order valence-corrected chi connectivity index (χ4v) is 4.07. The van der Waals surface area contributed by atoms with Crippen molar-refractivity contribution in [2.24, 2.45) is 5.92 Å². The molecular formula is C24H28N4O2. The van der Waals surface area contributed by atoms with Crippen LogP contribution in [0.15, 0.2) is 60.8 Å². The Morgan fingerprint density at radius 3 is 2.73 bits per heavy atom. The van der Waals surface area contributed by atoms with Crippen LogP contribution in [0.25, 0.3) is 10.9 Å². The lowest BCUT2D eigenvalue weighted by Crippen LogP contribution is -2.47. The summed E-state index contributed by atoms with van der Waals surface area (Å²) in [5.74, 6) is -0.0977. The van der Waals surface area contributed by atoms with Gasteiger partial charge in [-0.15, -0.1) is 0 Å². The topological polar surface area (TPSA) is 77.2 Å². The van der Waals surface area contributed by atoms with Gasteiger partial charge in [-0.3, -0.25) is 4.79 Å². The molecule has 3 aromatic rings. The van der Waals surface area contributed by atoms with Crippen molar-refractivity contribution in [3.63, 3.8) is 0 Å². The molecule has 0 spiro atoms. The largest absolute Gasteiger partial charge is 0.361 e. The molecule has 1 atom stereocenters. The van der Waals surface area contributed by atoms with Crippen LogP contribution in [0.1, 0.15) is 24.8 Å². The minimum atomic E-state index is -0.145. The maximum atomic E-state index is 12.6. The third-order valence-electron chi connectivity index (χ3n) is 5.70. The molecule has 3 amide bonds. The van der Waals surface area contributed by atoms with Gasteiger partial charge in [-0.05, 0) is 49.4 Å². The van der Waals surface area contributed by atoms with Gasteiger partial charge in [-0.2, -0.15) is 0 Å². The molecule has 1 unspecified atom stereocenters. The summed E-state index contributed by atoms with van der Waals surface area (Å²) >= 11 is 0. The third-order valence-corrected chi connectivity index (χ3v) is 5.70. The first-order chi connectivity index (χ1) is 14.7. The molecular weight excluding hydrogens is 376 g/mol. The molecule has 6 heteroatoms.